The molecule has 3 atom stereocenters. The van der Waals surface area contributed by atoms with E-state index in [-0.39, 0.29) is 23.8 Å². The lowest BCUT2D eigenvalue weighted by molar-refractivity contribution is -0.137. The minimum absolute atomic E-state index is 0.000647. The maximum absolute atomic E-state index is 12.7. The molecule has 0 aliphatic carbocycles. The number of amides is 1. The van der Waals surface area contributed by atoms with Gasteiger partial charge in [-0.3, -0.25) is 9.78 Å². The van der Waals surface area contributed by atoms with Gasteiger partial charge in [-0.05, 0) is 25.0 Å². The van der Waals surface area contributed by atoms with Gasteiger partial charge in [-0.15, -0.1) is 0 Å². The Kier molecular flexibility index (Phi) is 5.59. The second kappa shape index (κ2) is 7.86. The number of nitrogens with one attached hydrogen (secondary N) is 1. The summed E-state index contributed by atoms with van der Waals surface area (Å²) in [6.07, 6.45) is 5.36. The van der Waals surface area contributed by atoms with Gasteiger partial charge in [-0.25, -0.2) is 0 Å². The number of pyridine rings is 1. The smallest absolute Gasteiger partial charge is 0.228 e. The molecular weight excluding hydrogens is 294 g/mol. The van der Waals surface area contributed by atoms with Gasteiger partial charge in [0.15, 0.2) is 0 Å². The fourth-order valence-corrected chi connectivity index (χ4v) is 3.61. The van der Waals surface area contributed by atoms with Crippen LogP contribution in [0, 0.1) is 11.8 Å². The average Bonchev–Trinajstić information content (AvgIpc) is 2.60. The minimum Gasteiger partial charge on any atom is -0.383 e. The third-order valence-electron chi connectivity index (χ3n) is 4.83. The topological polar surface area (TPSA) is 63.7 Å². The zero-order chi connectivity index (χ0) is 16.1. The lowest BCUT2D eigenvalue weighted by Crippen LogP contribution is -2.52. The summed E-state index contributed by atoms with van der Waals surface area (Å²) in [6, 6.07) is 3.70. The summed E-state index contributed by atoms with van der Waals surface area (Å²) in [7, 11) is 1.72. The highest BCUT2D eigenvalue weighted by atomic mass is 16.5. The molecule has 3 heterocycles. The van der Waals surface area contributed by atoms with Gasteiger partial charge in [0.2, 0.25) is 5.91 Å². The zero-order valence-electron chi connectivity index (χ0n) is 13.6. The number of nitrogens with zero attached hydrogens (tertiary/aromatic N) is 2. The Labute approximate surface area is 137 Å². The van der Waals surface area contributed by atoms with Crippen LogP contribution in [0.1, 0.15) is 12.8 Å². The van der Waals surface area contributed by atoms with Crippen LogP contribution in [-0.2, 0) is 14.3 Å². The molecule has 23 heavy (non-hydrogen) atoms. The Morgan fingerprint density at radius 3 is 3.22 bits per heavy atom. The number of fused-ring (bicyclic) bond motifs is 1. The summed E-state index contributed by atoms with van der Waals surface area (Å²) in [5.74, 6) is 0.343. The van der Waals surface area contributed by atoms with Crippen molar-refractivity contribution < 1.29 is 14.3 Å². The van der Waals surface area contributed by atoms with Crippen molar-refractivity contribution in [3.63, 3.8) is 0 Å². The second-order valence-electron chi connectivity index (χ2n) is 6.28. The first-order chi connectivity index (χ1) is 11.3. The molecule has 2 saturated heterocycles. The standard InChI is InChI=1S/C17H25N3O3/c1-22-10-8-20-7-4-16-15(12-20)14(5-9-23-16)17(21)19-13-3-2-6-18-11-13/h2-3,6,11,14-16H,4-5,7-10,12H2,1H3,(H,19,21)/t14-,15+,16-/m1/s1. The molecule has 2 aliphatic rings. The van der Waals surface area contributed by atoms with Gasteiger partial charge in [0.1, 0.15) is 0 Å². The summed E-state index contributed by atoms with van der Waals surface area (Å²) in [4.78, 5) is 19.1. The highest BCUT2D eigenvalue weighted by molar-refractivity contribution is 5.92. The Hall–Kier alpha value is -1.50. The first-order valence-corrected chi connectivity index (χ1v) is 8.31. The first-order valence-electron chi connectivity index (χ1n) is 8.31. The van der Waals surface area contributed by atoms with Gasteiger partial charge < -0.3 is 19.7 Å². The Morgan fingerprint density at radius 2 is 2.43 bits per heavy atom. The van der Waals surface area contributed by atoms with Gasteiger partial charge in [-0.2, -0.15) is 0 Å². The molecule has 0 saturated carbocycles. The normalized spacial score (nSPS) is 28.1. The second-order valence-corrected chi connectivity index (χ2v) is 6.28. The maximum Gasteiger partial charge on any atom is 0.228 e. The SMILES string of the molecule is COCCN1CC[C@H]2OCC[C@@H](C(=O)Nc3cccnc3)[C@@H]2C1. The number of piperidine rings is 1. The van der Waals surface area contributed by atoms with E-state index < -0.39 is 0 Å². The molecule has 1 aromatic rings. The van der Waals surface area contributed by atoms with E-state index in [1.165, 1.54) is 0 Å². The molecule has 1 amide bonds. The monoisotopic (exact) mass is 319 g/mol. The Morgan fingerprint density at radius 1 is 1.52 bits per heavy atom. The van der Waals surface area contributed by atoms with Gasteiger partial charge in [0.25, 0.3) is 0 Å². The Balaban J connectivity index is 1.64. The lowest BCUT2D eigenvalue weighted by Gasteiger charge is -2.44. The number of likely N-dealkylation sites (tertiary alicyclic amines) is 1. The van der Waals surface area contributed by atoms with E-state index in [0.29, 0.717) is 6.61 Å². The van der Waals surface area contributed by atoms with Crippen LogP contribution in [0.15, 0.2) is 24.5 Å². The Bertz CT molecular complexity index is 511. The molecule has 2 fully saturated rings. The van der Waals surface area contributed by atoms with Crippen LogP contribution in [0.25, 0.3) is 0 Å². The number of hydrogen-bond acceptors (Lipinski definition) is 5. The zero-order valence-corrected chi connectivity index (χ0v) is 13.6. The maximum atomic E-state index is 12.7. The number of methoxy groups -OCH3 is 1. The van der Waals surface area contributed by atoms with E-state index >= 15 is 0 Å². The molecular formula is C17H25N3O3. The van der Waals surface area contributed by atoms with Gasteiger partial charge in [0, 0.05) is 51.4 Å². The summed E-state index contributed by atoms with van der Waals surface area (Å²) >= 11 is 0. The highest BCUT2D eigenvalue weighted by Crippen LogP contribution is 2.33. The van der Waals surface area contributed by atoms with Crippen molar-refractivity contribution >= 4 is 11.6 Å². The molecule has 0 unspecified atom stereocenters. The molecule has 6 heteroatoms. The first kappa shape index (κ1) is 16.4. The van der Waals surface area contributed by atoms with Crippen molar-refractivity contribution in [3.8, 4) is 0 Å². The molecule has 0 spiro atoms. The predicted octanol–water partition coefficient (Wildman–Crippen LogP) is 1.39. The van der Waals surface area contributed by atoms with Crippen LogP contribution >= 0.6 is 0 Å². The van der Waals surface area contributed by atoms with Crippen LogP contribution in [0.5, 0.6) is 0 Å². The van der Waals surface area contributed by atoms with Crippen LogP contribution in [0.3, 0.4) is 0 Å². The summed E-state index contributed by atoms with van der Waals surface area (Å²) < 4.78 is 11.1. The third kappa shape index (κ3) is 4.07. The minimum atomic E-state index is -0.000647. The largest absolute Gasteiger partial charge is 0.383 e. The van der Waals surface area contributed by atoms with Gasteiger partial charge in [-0.1, -0.05) is 0 Å². The van der Waals surface area contributed by atoms with E-state index in [1.54, 1.807) is 19.5 Å². The van der Waals surface area contributed by atoms with Crippen molar-refractivity contribution in [1.82, 2.24) is 9.88 Å². The molecule has 0 radical (unpaired) electrons. The van der Waals surface area contributed by atoms with Crippen molar-refractivity contribution in [2.45, 2.75) is 18.9 Å². The molecule has 126 valence electrons. The van der Waals surface area contributed by atoms with Crippen molar-refractivity contribution in [1.29, 1.82) is 0 Å². The molecule has 0 bridgehead atoms. The molecule has 6 nitrogen and oxygen atoms in total. The fraction of sp³-hybridized carbons (Fsp3) is 0.647. The highest BCUT2D eigenvalue weighted by Gasteiger charge is 2.41. The van der Waals surface area contributed by atoms with Crippen molar-refractivity contribution in [2.24, 2.45) is 11.8 Å². The van der Waals surface area contributed by atoms with E-state index in [1.807, 2.05) is 12.1 Å². The van der Waals surface area contributed by atoms with E-state index in [0.717, 1.165) is 44.8 Å². The molecule has 1 N–H and O–H groups in total. The molecule has 2 aliphatic heterocycles. The summed E-state index contributed by atoms with van der Waals surface area (Å²) in [6.45, 7) is 4.23. The number of ether oxygens (including phenoxy) is 2. The van der Waals surface area contributed by atoms with E-state index in [2.05, 4.69) is 15.2 Å². The van der Waals surface area contributed by atoms with Crippen LogP contribution in [-0.4, -0.2) is 61.9 Å². The third-order valence-corrected chi connectivity index (χ3v) is 4.83. The molecule has 1 aromatic heterocycles. The van der Waals surface area contributed by atoms with Crippen LogP contribution in [0.2, 0.25) is 0 Å². The van der Waals surface area contributed by atoms with E-state index in [9.17, 15) is 4.79 Å². The van der Waals surface area contributed by atoms with Crippen LogP contribution < -0.4 is 5.32 Å². The number of carbonyl (C=O) groups excluding carboxylic acids is 1. The summed E-state index contributed by atoms with van der Waals surface area (Å²) in [5.41, 5.74) is 0.757. The number of hydrogen-bond donors (Lipinski definition) is 1. The fourth-order valence-electron chi connectivity index (χ4n) is 3.61. The predicted molar refractivity (Wildman–Crippen MR) is 87.1 cm³/mol. The van der Waals surface area contributed by atoms with Crippen molar-refractivity contribution in [3.05, 3.63) is 24.5 Å². The van der Waals surface area contributed by atoms with Crippen LogP contribution in [0.4, 0.5) is 5.69 Å². The quantitative estimate of drug-likeness (QED) is 0.889. The summed E-state index contributed by atoms with van der Waals surface area (Å²) in [5, 5.41) is 3.00. The van der Waals surface area contributed by atoms with E-state index in [4.69, 9.17) is 9.47 Å². The lowest BCUT2D eigenvalue weighted by atomic mass is 9.79. The molecule has 0 aromatic carbocycles. The number of carbonyl (C=O) groups is 1. The number of anilines is 1. The average molecular weight is 319 g/mol. The van der Waals surface area contributed by atoms with Gasteiger partial charge in [0.05, 0.1) is 24.6 Å². The van der Waals surface area contributed by atoms with Gasteiger partial charge >= 0.3 is 0 Å². The number of aromatic nitrogens is 1. The molecule has 3 rings (SSSR count). The number of rotatable bonds is 5. The van der Waals surface area contributed by atoms with Crippen molar-refractivity contribution in [2.75, 3.05) is 45.3 Å².